The van der Waals surface area contributed by atoms with E-state index < -0.39 is 0 Å². The Balaban J connectivity index is 1.70. The zero-order valence-corrected chi connectivity index (χ0v) is 14.1. The minimum absolute atomic E-state index is 0.117. The lowest BCUT2D eigenvalue weighted by molar-refractivity contribution is -0.130. The van der Waals surface area contributed by atoms with Crippen LogP contribution in [-0.2, 0) is 10.2 Å². The highest BCUT2D eigenvalue weighted by atomic mass is 19.1. The summed E-state index contributed by atoms with van der Waals surface area (Å²) in [7, 11) is 1.73. The maximum atomic E-state index is 12.5. The summed E-state index contributed by atoms with van der Waals surface area (Å²) in [6.07, 6.45) is 5.48. The van der Waals surface area contributed by atoms with Crippen LogP contribution < -0.4 is 15.8 Å². The van der Waals surface area contributed by atoms with Crippen molar-refractivity contribution in [2.24, 2.45) is 11.1 Å². The minimum atomic E-state index is -0.175. The predicted octanol–water partition coefficient (Wildman–Crippen LogP) is 2.83. The van der Waals surface area contributed by atoms with Gasteiger partial charge in [0.05, 0.1) is 11.7 Å². The van der Waals surface area contributed by atoms with Crippen LogP contribution in [0.4, 0.5) is 4.39 Å². The number of halogens is 1. The monoisotopic (exact) mass is 332 g/mol. The smallest absolute Gasteiger partial charge is 0.225 e. The van der Waals surface area contributed by atoms with E-state index in [0.29, 0.717) is 17.7 Å². The summed E-state index contributed by atoms with van der Waals surface area (Å²) in [5.74, 6) is 0.894. The van der Waals surface area contributed by atoms with Gasteiger partial charge in [0.25, 0.3) is 0 Å². The van der Waals surface area contributed by atoms with Crippen LogP contribution in [0.3, 0.4) is 0 Å². The molecule has 0 aliphatic heterocycles. The maximum Gasteiger partial charge on any atom is 0.225 e. The van der Waals surface area contributed by atoms with Crippen molar-refractivity contribution in [2.75, 3.05) is 20.2 Å². The molecule has 24 heavy (non-hydrogen) atoms. The number of carbonyl (C=O) groups excluding carboxylic acids is 1. The van der Waals surface area contributed by atoms with Crippen LogP contribution in [0.1, 0.15) is 37.7 Å². The highest BCUT2D eigenvalue weighted by Crippen LogP contribution is 2.62. The summed E-state index contributed by atoms with van der Waals surface area (Å²) in [6, 6.07) is 8.02. The average Bonchev–Trinajstić information content (AvgIpc) is 3.21. The first-order valence-electron chi connectivity index (χ1n) is 8.51. The van der Waals surface area contributed by atoms with Crippen LogP contribution >= 0.6 is 0 Å². The summed E-state index contributed by atoms with van der Waals surface area (Å²) < 4.78 is 18.1. The zero-order valence-electron chi connectivity index (χ0n) is 14.1. The summed E-state index contributed by atoms with van der Waals surface area (Å²) in [4.78, 5) is 12.3. The molecule has 0 spiro atoms. The average molecular weight is 332 g/mol. The maximum absolute atomic E-state index is 12.5. The largest absolute Gasteiger partial charge is 0.489 e. The number of nitrogens with two attached hydrogens (primary N) is 1. The molecule has 3 rings (SSSR count). The molecule has 0 aromatic heterocycles. The molecule has 1 amide bonds. The lowest BCUT2D eigenvalue weighted by Gasteiger charge is -2.27. The van der Waals surface area contributed by atoms with Crippen LogP contribution in [0.5, 0.6) is 5.75 Å². The molecule has 0 saturated heterocycles. The van der Waals surface area contributed by atoms with Crippen LogP contribution in [0.15, 0.2) is 36.2 Å². The van der Waals surface area contributed by atoms with E-state index in [4.69, 9.17) is 10.5 Å². The molecule has 2 aliphatic rings. The van der Waals surface area contributed by atoms with Gasteiger partial charge in [-0.15, -0.1) is 0 Å². The molecule has 2 bridgehead atoms. The molecule has 130 valence electrons. The lowest BCUT2D eigenvalue weighted by atomic mass is 9.77. The van der Waals surface area contributed by atoms with Crippen molar-refractivity contribution in [3.8, 4) is 5.75 Å². The van der Waals surface area contributed by atoms with Gasteiger partial charge in [-0.05, 0) is 55.2 Å². The number of benzene rings is 1. The van der Waals surface area contributed by atoms with Gasteiger partial charge in [0.2, 0.25) is 5.91 Å². The van der Waals surface area contributed by atoms with Crippen molar-refractivity contribution in [3.05, 3.63) is 41.7 Å². The summed E-state index contributed by atoms with van der Waals surface area (Å²) in [5, 5.41) is 2.84. The fourth-order valence-corrected chi connectivity index (χ4v) is 4.39. The SMILES string of the molecule is CNC(=O)C12CCC(c3ccc(OCC(=CF)CN)cc3)(CC1)C2. The third kappa shape index (κ3) is 2.81. The number of fused-ring (bicyclic) bond motifs is 2. The normalized spacial score (nSPS) is 28.9. The Morgan fingerprint density at radius 3 is 2.50 bits per heavy atom. The fraction of sp³-hybridized carbons (Fsp3) is 0.526. The van der Waals surface area contributed by atoms with Crippen LogP contribution in [0, 0.1) is 5.41 Å². The van der Waals surface area contributed by atoms with E-state index >= 15 is 0 Å². The quantitative estimate of drug-likeness (QED) is 0.842. The standard InChI is InChI=1S/C19H25FN2O2/c1-22-17(23)19-8-6-18(13-19,7-9-19)15-2-4-16(5-3-15)24-12-14(10-20)11-21/h2-5,10H,6-9,11-13,21H2,1H3,(H,22,23). The van der Waals surface area contributed by atoms with Gasteiger partial charge in [-0.1, -0.05) is 12.1 Å². The van der Waals surface area contributed by atoms with Crippen molar-refractivity contribution < 1.29 is 13.9 Å². The first-order chi connectivity index (χ1) is 11.6. The van der Waals surface area contributed by atoms with Gasteiger partial charge in [-0.3, -0.25) is 4.79 Å². The van der Waals surface area contributed by atoms with Crippen LogP contribution in [0.2, 0.25) is 0 Å². The van der Waals surface area contributed by atoms with Gasteiger partial charge < -0.3 is 15.8 Å². The molecule has 4 nitrogen and oxygen atoms in total. The minimum Gasteiger partial charge on any atom is -0.489 e. The van der Waals surface area contributed by atoms with E-state index in [1.165, 1.54) is 5.56 Å². The molecular formula is C19H25FN2O2. The van der Waals surface area contributed by atoms with Gasteiger partial charge in [-0.25, -0.2) is 4.39 Å². The van der Waals surface area contributed by atoms with Crippen molar-refractivity contribution in [1.29, 1.82) is 0 Å². The Morgan fingerprint density at radius 1 is 1.29 bits per heavy atom. The highest BCUT2D eigenvalue weighted by Gasteiger charge is 2.58. The molecule has 5 heteroatoms. The first kappa shape index (κ1) is 17.0. The van der Waals surface area contributed by atoms with Gasteiger partial charge in [0, 0.05) is 19.2 Å². The van der Waals surface area contributed by atoms with Gasteiger partial charge in [0.1, 0.15) is 12.4 Å². The van der Waals surface area contributed by atoms with Gasteiger partial charge in [0.15, 0.2) is 0 Å². The number of rotatable bonds is 6. The summed E-state index contributed by atoms with van der Waals surface area (Å²) in [5.41, 5.74) is 7.07. The van der Waals surface area contributed by atoms with Crippen molar-refractivity contribution in [2.45, 2.75) is 37.5 Å². The summed E-state index contributed by atoms with van der Waals surface area (Å²) in [6.45, 7) is 0.316. The Morgan fingerprint density at radius 2 is 1.96 bits per heavy atom. The van der Waals surface area contributed by atoms with Gasteiger partial charge in [-0.2, -0.15) is 0 Å². The van der Waals surface area contributed by atoms with E-state index in [0.717, 1.165) is 32.1 Å². The topological polar surface area (TPSA) is 64.3 Å². The number of hydrogen-bond donors (Lipinski definition) is 2. The third-order valence-electron chi connectivity index (χ3n) is 5.86. The Bertz CT molecular complexity index is 631. The Labute approximate surface area is 142 Å². The Kier molecular flexibility index (Phi) is 4.63. The van der Waals surface area contributed by atoms with Crippen molar-refractivity contribution in [3.63, 3.8) is 0 Å². The molecule has 1 aromatic rings. The van der Waals surface area contributed by atoms with E-state index in [2.05, 4.69) is 17.4 Å². The first-order valence-corrected chi connectivity index (χ1v) is 8.51. The number of ether oxygens (including phenoxy) is 1. The molecule has 0 radical (unpaired) electrons. The second-order valence-electron chi connectivity index (χ2n) is 7.10. The second kappa shape index (κ2) is 6.55. The van der Waals surface area contributed by atoms with E-state index in [1.807, 2.05) is 12.1 Å². The van der Waals surface area contributed by atoms with E-state index in [-0.39, 0.29) is 29.9 Å². The molecule has 0 heterocycles. The molecule has 2 aliphatic carbocycles. The zero-order chi connectivity index (χ0) is 17.2. The van der Waals surface area contributed by atoms with Gasteiger partial charge >= 0.3 is 0 Å². The number of carbonyl (C=O) groups is 1. The number of nitrogens with one attached hydrogen (secondary N) is 1. The highest BCUT2D eigenvalue weighted by molar-refractivity contribution is 5.83. The lowest BCUT2D eigenvalue weighted by Crippen LogP contribution is -2.35. The van der Waals surface area contributed by atoms with E-state index in [9.17, 15) is 9.18 Å². The molecular weight excluding hydrogens is 307 g/mol. The molecule has 0 unspecified atom stereocenters. The summed E-state index contributed by atoms with van der Waals surface area (Å²) >= 11 is 0. The van der Waals surface area contributed by atoms with Crippen LogP contribution in [0.25, 0.3) is 0 Å². The fourth-order valence-electron chi connectivity index (χ4n) is 4.39. The molecule has 1 aromatic carbocycles. The molecule has 2 saturated carbocycles. The number of hydrogen-bond acceptors (Lipinski definition) is 3. The Hall–Kier alpha value is -1.88. The second-order valence-corrected chi connectivity index (χ2v) is 7.10. The van der Waals surface area contributed by atoms with Crippen molar-refractivity contribution >= 4 is 5.91 Å². The van der Waals surface area contributed by atoms with Crippen molar-refractivity contribution in [1.82, 2.24) is 5.32 Å². The molecule has 2 fully saturated rings. The van der Waals surface area contributed by atoms with E-state index in [1.54, 1.807) is 7.05 Å². The predicted molar refractivity (Wildman–Crippen MR) is 91.4 cm³/mol. The third-order valence-corrected chi connectivity index (χ3v) is 5.86. The van der Waals surface area contributed by atoms with Crippen LogP contribution in [-0.4, -0.2) is 26.1 Å². The molecule has 3 N–H and O–H groups in total. The number of amides is 1. The molecule has 0 atom stereocenters.